The number of amides is 1. The number of rotatable bonds is 4. The molecule has 1 aromatic rings. The summed E-state index contributed by atoms with van der Waals surface area (Å²) in [5.41, 5.74) is 2.47. The Balaban J connectivity index is 2.19. The van der Waals surface area contributed by atoms with E-state index in [-0.39, 0.29) is 16.5 Å². The molecule has 1 aromatic carbocycles. The first-order valence-electron chi connectivity index (χ1n) is 6.30. The molecule has 18 heavy (non-hydrogen) atoms. The molecule has 0 spiro atoms. The zero-order valence-electron chi connectivity index (χ0n) is 11.1. The standard InChI is InChI=1S/C14H20N2OS/c1-10-4-6-12(7-5-10)14-16(9-8-15-3)13(17)11(2)18-14/h4-7,11,14-15H,8-9H2,1-3H3/t11-,14+/m0/s1. The first kappa shape index (κ1) is 13.4. The molecule has 2 atom stereocenters. The molecule has 0 saturated carbocycles. The van der Waals surface area contributed by atoms with Crippen molar-refractivity contribution in [1.29, 1.82) is 0 Å². The number of likely N-dealkylation sites (N-methyl/N-ethyl adjacent to an activating group) is 1. The van der Waals surface area contributed by atoms with Crippen LogP contribution in [0.4, 0.5) is 0 Å². The van der Waals surface area contributed by atoms with E-state index in [1.54, 1.807) is 11.8 Å². The van der Waals surface area contributed by atoms with Gasteiger partial charge in [-0.25, -0.2) is 0 Å². The van der Waals surface area contributed by atoms with E-state index in [1.807, 2.05) is 18.9 Å². The van der Waals surface area contributed by atoms with E-state index in [1.165, 1.54) is 11.1 Å². The first-order chi connectivity index (χ1) is 8.63. The monoisotopic (exact) mass is 264 g/mol. The fourth-order valence-electron chi connectivity index (χ4n) is 2.12. The van der Waals surface area contributed by atoms with Crippen molar-refractivity contribution in [2.75, 3.05) is 20.1 Å². The summed E-state index contributed by atoms with van der Waals surface area (Å²) in [5.74, 6) is 0.251. The smallest absolute Gasteiger partial charge is 0.236 e. The molecule has 4 heteroatoms. The normalized spacial score (nSPS) is 23.7. The Morgan fingerprint density at radius 3 is 2.61 bits per heavy atom. The molecule has 1 aliphatic rings. The Hall–Kier alpha value is -1.00. The molecule has 1 aliphatic heterocycles. The van der Waals surface area contributed by atoms with Gasteiger partial charge in [0.25, 0.3) is 0 Å². The molecule has 1 saturated heterocycles. The summed E-state index contributed by atoms with van der Waals surface area (Å²) < 4.78 is 0. The quantitative estimate of drug-likeness (QED) is 0.904. The van der Waals surface area contributed by atoms with E-state index in [2.05, 4.69) is 36.5 Å². The summed E-state index contributed by atoms with van der Waals surface area (Å²) in [7, 11) is 1.91. The predicted molar refractivity (Wildman–Crippen MR) is 76.6 cm³/mol. The van der Waals surface area contributed by atoms with Gasteiger partial charge < -0.3 is 10.2 Å². The molecule has 98 valence electrons. The Bertz CT molecular complexity index is 418. The molecular weight excluding hydrogens is 244 g/mol. The van der Waals surface area contributed by atoms with E-state index in [9.17, 15) is 4.79 Å². The minimum Gasteiger partial charge on any atom is -0.324 e. The minimum absolute atomic E-state index is 0.0631. The van der Waals surface area contributed by atoms with Gasteiger partial charge in [-0.3, -0.25) is 4.79 Å². The van der Waals surface area contributed by atoms with Crippen LogP contribution in [0, 0.1) is 6.92 Å². The maximum Gasteiger partial charge on any atom is 0.236 e. The van der Waals surface area contributed by atoms with E-state index in [0.717, 1.165) is 13.1 Å². The van der Waals surface area contributed by atoms with E-state index in [0.29, 0.717) is 0 Å². The fourth-order valence-corrected chi connectivity index (χ4v) is 3.43. The first-order valence-corrected chi connectivity index (χ1v) is 7.25. The van der Waals surface area contributed by atoms with Gasteiger partial charge in [-0.15, -0.1) is 11.8 Å². The Labute approximate surface area is 113 Å². The van der Waals surface area contributed by atoms with Gasteiger partial charge in [-0.1, -0.05) is 29.8 Å². The average Bonchev–Trinajstić information content (AvgIpc) is 2.64. The van der Waals surface area contributed by atoms with Gasteiger partial charge in [-0.2, -0.15) is 0 Å². The molecule has 0 unspecified atom stereocenters. The number of nitrogens with zero attached hydrogens (tertiary/aromatic N) is 1. The SMILES string of the molecule is CNCCN1C(=O)[C@H](C)S[C@@H]1c1ccc(C)cc1. The second-order valence-electron chi connectivity index (χ2n) is 4.68. The van der Waals surface area contributed by atoms with Crippen molar-refractivity contribution < 1.29 is 4.79 Å². The van der Waals surface area contributed by atoms with Crippen molar-refractivity contribution >= 4 is 17.7 Å². The van der Waals surface area contributed by atoms with Crippen LogP contribution in [-0.2, 0) is 4.79 Å². The summed E-state index contributed by atoms with van der Waals surface area (Å²) in [6, 6.07) is 8.48. The zero-order chi connectivity index (χ0) is 13.1. The highest BCUT2D eigenvalue weighted by Crippen LogP contribution is 2.42. The van der Waals surface area contributed by atoms with Gasteiger partial charge in [0.2, 0.25) is 5.91 Å². The lowest BCUT2D eigenvalue weighted by molar-refractivity contribution is -0.129. The maximum absolute atomic E-state index is 12.1. The number of aryl methyl sites for hydroxylation is 1. The van der Waals surface area contributed by atoms with Crippen molar-refractivity contribution in [3.8, 4) is 0 Å². The molecule has 0 aliphatic carbocycles. The van der Waals surface area contributed by atoms with Crippen molar-refractivity contribution in [2.45, 2.75) is 24.5 Å². The molecule has 0 radical (unpaired) electrons. The number of nitrogens with one attached hydrogen (secondary N) is 1. The van der Waals surface area contributed by atoms with Crippen LogP contribution in [0.2, 0.25) is 0 Å². The Kier molecular flexibility index (Phi) is 4.30. The number of thioether (sulfide) groups is 1. The van der Waals surface area contributed by atoms with E-state index >= 15 is 0 Å². The third-order valence-electron chi connectivity index (χ3n) is 3.21. The summed E-state index contributed by atoms with van der Waals surface area (Å²) in [4.78, 5) is 14.1. The van der Waals surface area contributed by atoms with Gasteiger partial charge in [-0.05, 0) is 26.5 Å². The lowest BCUT2D eigenvalue weighted by Gasteiger charge is -2.24. The molecule has 3 nitrogen and oxygen atoms in total. The van der Waals surface area contributed by atoms with Crippen molar-refractivity contribution in [1.82, 2.24) is 10.2 Å². The third kappa shape index (κ3) is 2.70. The highest BCUT2D eigenvalue weighted by Gasteiger charge is 2.37. The van der Waals surface area contributed by atoms with Crippen molar-refractivity contribution in [2.24, 2.45) is 0 Å². The second kappa shape index (κ2) is 5.76. The summed E-state index contributed by atoms with van der Waals surface area (Å²) in [6.45, 7) is 5.68. The number of carbonyl (C=O) groups excluding carboxylic acids is 1. The maximum atomic E-state index is 12.1. The van der Waals surface area contributed by atoms with E-state index < -0.39 is 0 Å². The van der Waals surface area contributed by atoms with Gasteiger partial charge in [0.1, 0.15) is 5.37 Å². The van der Waals surface area contributed by atoms with Crippen molar-refractivity contribution in [3.63, 3.8) is 0 Å². The lowest BCUT2D eigenvalue weighted by atomic mass is 10.1. The zero-order valence-corrected chi connectivity index (χ0v) is 12.0. The highest BCUT2D eigenvalue weighted by molar-refractivity contribution is 8.01. The van der Waals surface area contributed by atoms with Crippen LogP contribution in [-0.4, -0.2) is 36.2 Å². The Morgan fingerprint density at radius 1 is 1.33 bits per heavy atom. The van der Waals surface area contributed by atoms with Crippen LogP contribution >= 0.6 is 11.8 Å². The molecule has 1 heterocycles. The lowest BCUT2D eigenvalue weighted by Crippen LogP contribution is -2.35. The molecule has 1 amide bonds. The van der Waals surface area contributed by atoms with Crippen molar-refractivity contribution in [3.05, 3.63) is 35.4 Å². The number of carbonyl (C=O) groups is 1. The number of hydrogen-bond acceptors (Lipinski definition) is 3. The van der Waals surface area contributed by atoms with Gasteiger partial charge >= 0.3 is 0 Å². The number of benzene rings is 1. The molecule has 0 aromatic heterocycles. The van der Waals surface area contributed by atoms with Crippen LogP contribution < -0.4 is 5.32 Å². The Morgan fingerprint density at radius 2 is 2.00 bits per heavy atom. The molecule has 0 bridgehead atoms. The summed E-state index contributed by atoms with van der Waals surface area (Å²) >= 11 is 1.74. The summed E-state index contributed by atoms with van der Waals surface area (Å²) in [5, 5.41) is 3.34. The fraction of sp³-hybridized carbons (Fsp3) is 0.500. The van der Waals surface area contributed by atoms with Crippen LogP contribution in [0.15, 0.2) is 24.3 Å². The minimum atomic E-state index is 0.0631. The van der Waals surface area contributed by atoms with Crippen LogP contribution in [0.1, 0.15) is 23.4 Å². The van der Waals surface area contributed by atoms with E-state index in [4.69, 9.17) is 0 Å². The molecule has 1 fully saturated rings. The molecule has 1 N–H and O–H groups in total. The predicted octanol–water partition coefficient (Wildman–Crippen LogP) is 2.18. The molecule has 2 rings (SSSR count). The second-order valence-corrected chi connectivity index (χ2v) is 6.10. The largest absolute Gasteiger partial charge is 0.324 e. The van der Waals surface area contributed by atoms with Gasteiger partial charge in [0.05, 0.1) is 5.25 Å². The van der Waals surface area contributed by atoms with Crippen LogP contribution in [0.3, 0.4) is 0 Å². The third-order valence-corrected chi connectivity index (χ3v) is 4.61. The van der Waals surface area contributed by atoms with Crippen LogP contribution in [0.5, 0.6) is 0 Å². The number of hydrogen-bond donors (Lipinski definition) is 1. The average molecular weight is 264 g/mol. The molecular formula is C14H20N2OS. The van der Waals surface area contributed by atoms with Gasteiger partial charge in [0.15, 0.2) is 0 Å². The highest BCUT2D eigenvalue weighted by atomic mass is 32.2. The topological polar surface area (TPSA) is 32.3 Å². The van der Waals surface area contributed by atoms with Crippen LogP contribution in [0.25, 0.3) is 0 Å². The van der Waals surface area contributed by atoms with Gasteiger partial charge in [0, 0.05) is 13.1 Å². The summed E-state index contributed by atoms with van der Waals surface area (Å²) in [6.07, 6.45) is 0.